The molecule has 4 nitrogen and oxygen atoms in total. The summed E-state index contributed by atoms with van der Waals surface area (Å²) in [5, 5.41) is 0. The molecular formula is C5H6O4. The number of methoxy groups -OCH3 is 1. The monoisotopic (exact) mass is 130 g/mol. The summed E-state index contributed by atoms with van der Waals surface area (Å²) in [5.41, 5.74) is 0. The zero-order valence-corrected chi connectivity index (χ0v) is 4.92. The van der Waals surface area contributed by atoms with E-state index in [-0.39, 0.29) is 6.42 Å². The third-order valence-electron chi connectivity index (χ3n) is 1.11. The molecule has 0 saturated carbocycles. The Bertz CT molecular complexity index is 151. The third kappa shape index (κ3) is 1.08. The Balaban J connectivity index is 2.58. The van der Waals surface area contributed by atoms with Crippen molar-refractivity contribution in [3.63, 3.8) is 0 Å². The minimum Gasteiger partial charge on any atom is -0.391 e. The van der Waals surface area contributed by atoms with Gasteiger partial charge < -0.3 is 9.47 Å². The molecular weight excluding hydrogens is 124 g/mol. The highest BCUT2D eigenvalue weighted by Gasteiger charge is 2.32. The fraction of sp³-hybridized carbons (Fsp3) is 0.600. The molecule has 1 heterocycles. The summed E-state index contributed by atoms with van der Waals surface area (Å²) in [6, 6.07) is 0. The van der Waals surface area contributed by atoms with E-state index in [9.17, 15) is 9.59 Å². The summed E-state index contributed by atoms with van der Waals surface area (Å²) in [6.45, 7) is 0. The van der Waals surface area contributed by atoms with E-state index >= 15 is 0 Å². The van der Waals surface area contributed by atoms with Crippen LogP contribution in [-0.2, 0) is 19.1 Å². The van der Waals surface area contributed by atoms with Gasteiger partial charge in [0.05, 0.1) is 6.42 Å². The largest absolute Gasteiger partial charge is 0.391 e. The first kappa shape index (κ1) is 6.22. The highest BCUT2D eigenvalue weighted by atomic mass is 16.6. The van der Waals surface area contributed by atoms with E-state index in [0.29, 0.717) is 0 Å². The molecule has 50 valence electrons. The molecule has 0 unspecified atom stereocenters. The van der Waals surface area contributed by atoms with E-state index in [1.807, 2.05) is 0 Å². The molecule has 0 aromatic carbocycles. The number of hydrogen-bond acceptors (Lipinski definition) is 4. The van der Waals surface area contributed by atoms with Gasteiger partial charge in [0.1, 0.15) is 0 Å². The van der Waals surface area contributed by atoms with Crippen molar-refractivity contribution < 1.29 is 19.1 Å². The maximum atomic E-state index is 10.4. The van der Waals surface area contributed by atoms with Crippen molar-refractivity contribution in [2.24, 2.45) is 0 Å². The SMILES string of the molecule is CO[C@@H]1CC(=O)OC1=O. The summed E-state index contributed by atoms with van der Waals surface area (Å²) in [4.78, 5) is 20.7. The van der Waals surface area contributed by atoms with Crippen LogP contribution in [0, 0.1) is 0 Å². The van der Waals surface area contributed by atoms with Crippen molar-refractivity contribution in [3.8, 4) is 0 Å². The number of ether oxygens (including phenoxy) is 2. The minimum atomic E-state index is -0.669. The molecule has 1 saturated heterocycles. The zero-order valence-electron chi connectivity index (χ0n) is 4.92. The van der Waals surface area contributed by atoms with Gasteiger partial charge in [-0.05, 0) is 0 Å². The van der Waals surface area contributed by atoms with E-state index in [4.69, 9.17) is 0 Å². The smallest absolute Gasteiger partial charge is 0.343 e. The van der Waals surface area contributed by atoms with Crippen LogP contribution in [0.15, 0.2) is 0 Å². The first-order chi connectivity index (χ1) is 4.24. The van der Waals surface area contributed by atoms with E-state index in [1.165, 1.54) is 7.11 Å². The molecule has 0 aromatic rings. The van der Waals surface area contributed by atoms with Crippen molar-refractivity contribution in [2.75, 3.05) is 7.11 Å². The van der Waals surface area contributed by atoms with Gasteiger partial charge in [0.25, 0.3) is 0 Å². The number of hydrogen-bond donors (Lipinski definition) is 0. The van der Waals surface area contributed by atoms with Gasteiger partial charge in [-0.3, -0.25) is 4.79 Å². The first-order valence-corrected chi connectivity index (χ1v) is 2.51. The molecule has 0 N–H and O–H groups in total. The van der Waals surface area contributed by atoms with Gasteiger partial charge in [0.15, 0.2) is 6.10 Å². The lowest BCUT2D eigenvalue weighted by Crippen LogP contribution is -2.15. The minimum absolute atomic E-state index is 0.0509. The summed E-state index contributed by atoms with van der Waals surface area (Å²) >= 11 is 0. The summed E-state index contributed by atoms with van der Waals surface area (Å²) < 4.78 is 8.76. The normalized spacial score (nSPS) is 26.6. The molecule has 0 bridgehead atoms. The second-order valence-corrected chi connectivity index (χ2v) is 1.72. The van der Waals surface area contributed by atoms with E-state index in [1.54, 1.807) is 0 Å². The number of esters is 2. The van der Waals surface area contributed by atoms with Crippen LogP contribution < -0.4 is 0 Å². The molecule has 1 aliphatic rings. The molecule has 1 atom stereocenters. The predicted octanol–water partition coefficient (Wildman–Crippen LogP) is -0.525. The summed E-state index contributed by atoms with van der Waals surface area (Å²) in [7, 11) is 1.37. The van der Waals surface area contributed by atoms with Crippen LogP contribution >= 0.6 is 0 Å². The second-order valence-electron chi connectivity index (χ2n) is 1.72. The molecule has 0 aromatic heterocycles. The van der Waals surface area contributed by atoms with Gasteiger partial charge in [0.2, 0.25) is 0 Å². The Labute approximate surface area is 51.7 Å². The van der Waals surface area contributed by atoms with E-state index in [0.717, 1.165) is 0 Å². The van der Waals surface area contributed by atoms with Crippen LogP contribution in [0.5, 0.6) is 0 Å². The fourth-order valence-electron chi connectivity index (χ4n) is 0.634. The Morgan fingerprint density at radius 2 is 2.33 bits per heavy atom. The third-order valence-corrected chi connectivity index (χ3v) is 1.11. The highest BCUT2D eigenvalue weighted by Crippen LogP contribution is 2.09. The van der Waals surface area contributed by atoms with Crippen LogP contribution in [0.4, 0.5) is 0 Å². The maximum absolute atomic E-state index is 10.4. The summed E-state index contributed by atoms with van der Waals surface area (Å²) in [6.07, 6.45) is -0.618. The van der Waals surface area contributed by atoms with Crippen LogP contribution in [0.1, 0.15) is 6.42 Å². The van der Waals surface area contributed by atoms with Crippen molar-refractivity contribution >= 4 is 11.9 Å². The molecule has 9 heavy (non-hydrogen) atoms. The average Bonchev–Trinajstić information content (AvgIpc) is 2.10. The summed E-state index contributed by atoms with van der Waals surface area (Å²) in [5.74, 6) is -1.09. The van der Waals surface area contributed by atoms with Gasteiger partial charge in [0, 0.05) is 7.11 Å². The van der Waals surface area contributed by atoms with Gasteiger partial charge in [-0.1, -0.05) is 0 Å². The lowest BCUT2D eigenvalue weighted by Gasteiger charge is -1.96. The average molecular weight is 130 g/mol. The Morgan fingerprint density at radius 1 is 1.67 bits per heavy atom. The quantitative estimate of drug-likeness (QED) is 0.354. The molecule has 4 heteroatoms. The molecule has 0 amide bonds. The molecule has 0 aliphatic carbocycles. The fourth-order valence-corrected chi connectivity index (χ4v) is 0.634. The second kappa shape index (κ2) is 2.14. The van der Waals surface area contributed by atoms with Crippen molar-refractivity contribution in [3.05, 3.63) is 0 Å². The Kier molecular flexibility index (Phi) is 1.48. The predicted molar refractivity (Wildman–Crippen MR) is 26.5 cm³/mol. The van der Waals surface area contributed by atoms with Gasteiger partial charge >= 0.3 is 11.9 Å². The topological polar surface area (TPSA) is 52.6 Å². The molecule has 0 radical (unpaired) electrons. The van der Waals surface area contributed by atoms with Crippen LogP contribution in [-0.4, -0.2) is 25.2 Å². The maximum Gasteiger partial charge on any atom is 0.343 e. The van der Waals surface area contributed by atoms with Crippen molar-refractivity contribution in [2.45, 2.75) is 12.5 Å². The molecule has 1 rings (SSSR count). The number of rotatable bonds is 1. The van der Waals surface area contributed by atoms with Gasteiger partial charge in [-0.2, -0.15) is 0 Å². The first-order valence-electron chi connectivity index (χ1n) is 2.51. The standard InChI is InChI=1S/C5H6O4/c1-8-3-2-4(6)9-5(3)7/h3H,2H2,1H3/t3-/m1/s1. The Hall–Kier alpha value is -0.900. The van der Waals surface area contributed by atoms with Gasteiger partial charge in [-0.25, -0.2) is 4.79 Å². The lowest BCUT2D eigenvalue weighted by molar-refractivity contribution is -0.154. The molecule has 1 fully saturated rings. The van der Waals surface area contributed by atoms with Crippen molar-refractivity contribution in [1.82, 2.24) is 0 Å². The highest BCUT2D eigenvalue weighted by molar-refractivity contribution is 5.96. The molecule has 1 aliphatic heterocycles. The van der Waals surface area contributed by atoms with Gasteiger partial charge in [-0.15, -0.1) is 0 Å². The van der Waals surface area contributed by atoms with Crippen molar-refractivity contribution in [1.29, 1.82) is 0 Å². The zero-order chi connectivity index (χ0) is 6.85. The number of carbonyl (C=O) groups excluding carboxylic acids is 2. The van der Waals surface area contributed by atoms with E-state index in [2.05, 4.69) is 9.47 Å². The Morgan fingerprint density at radius 3 is 2.56 bits per heavy atom. The van der Waals surface area contributed by atoms with Crippen LogP contribution in [0.25, 0.3) is 0 Å². The number of cyclic esters (lactones) is 2. The molecule has 0 spiro atoms. The van der Waals surface area contributed by atoms with Crippen LogP contribution in [0.2, 0.25) is 0 Å². The van der Waals surface area contributed by atoms with E-state index < -0.39 is 18.0 Å². The number of carbonyl (C=O) groups is 2. The van der Waals surface area contributed by atoms with Crippen LogP contribution in [0.3, 0.4) is 0 Å². The lowest BCUT2D eigenvalue weighted by atomic mass is 10.3.